The zero-order chi connectivity index (χ0) is 16.2. The molecule has 0 bridgehead atoms. The third kappa shape index (κ3) is 5.32. The number of amides is 1. The molecule has 0 spiro atoms. The molecule has 2 N–H and O–H groups in total. The lowest BCUT2D eigenvalue weighted by Gasteiger charge is -2.14. The summed E-state index contributed by atoms with van der Waals surface area (Å²) in [5.74, 6) is 0.0884. The Hall–Kier alpha value is -1.08. The molecule has 0 aromatic carbocycles. The zero-order valence-corrected chi connectivity index (χ0v) is 14.3. The maximum absolute atomic E-state index is 12.1. The highest BCUT2D eigenvalue weighted by molar-refractivity contribution is 8.13. The SMILES string of the molecule is Cc1[nH]nc(C(=O)NC(C)CCCC(C)C)c1S(=O)(=O)Cl. The zero-order valence-electron chi connectivity index (χ0n) is 12.7. The number of carbonyl (C=O) groups excluding carboxylic acids is 1. The predicted molar refractivity (Wildman–Crippen MR) is 82.0 cm³/mol. The van der Waals surface area contributed by atoms with Gasteiger partial charge in [-0.3, -0.25) is 9.89 Å². The molecule has 0 fully saturated rings. The summed E-state index contributed by atoms with van der Waals surface area (Å²) in [5.41, 5.74) is 0.0702. The van der Waals surface area contributed by atoms with E-state index in [0.717, 1.165) is 19.3 Å². The molecule has 1 amide bonds. The Kier molecular flexibility index (Phi) is 6.22. The molecular weight excluding hydrogens is 314 g/mol. The van der Waals surface area contributed by atoms with Gasteiger partial charge >= 0.3 is 0 Å². The van der Waals surface area contributed by atoms with Crippen molar-refractivity contribution in [3.63, 3.8) is 0 Å². The monoisotopic (exact) mass is 335 g/mol. The molecule has 8 heteroatoms. The molecule has 0 saturated carbocycles. The van der Waals surface area contributed by atoms with Crippen LogP contribution in [0.2, 0.25) is 0 Å². The van der Waals surface area contributed by atoms with Crippen LogP contribution in [0.25, 0.3) is 0 Å². The van der Waals surface area contributed by atoms with Gasteiger partial charge in [0.05, 0.1) is 5.69 Å². The van der Waals surface area contributed by atoms with Crippen molar-refractivity contribution in [3.05, 3.63) is 11.4 Å². The van der Waals surface area contributed by atoms with Crippen LogP contribution in [0.1, 0.15) is 56.2 Å². The number of rotatable bonds is 7. The fourth-order valence-electron chi connectivity index (χ4n) is 2.07. The van der Waals surface area contributed by atoms with Crippen LogP contribution >= 0.6 is 10.7 Å². The first-order chi connectivity index (χ1) is 9.62. The van der Waals surface area contributed by atoms with Crippen LogP contribution in [0.15, 0.2) is 4.90 Å². The number of hydrogen-bond acceptors (Lipinski definition) is 4. The fourth-order valence-corrected chi connectivity index (χ4v) is 3.41. The number of hydrogen-bond donors (Lipinski definition) is 2. The Morgan fingerprint density at radius 2 is 1.95 bits per heavy atom. The van der Waals surface area contributed by atoms with E-state index in [9.17, 15) is 13.2 Å². The first-order valence-electron chi connectivity index (χ1n) is 6.93. The number of halogens is 1. The minimum atomic E-state index is -4.01. The standard InChI is InChI=1S/C13H22ClN3O3S/c1-8(2)6-5-7-9(3)15-13(18)11-12(21(14,19)20)10(4)16-17-11/h8-9H,5-7H2,1-4H3,(H,15,18)(H,16,17). The normalized spacial score (nSPS) is 13.4. The highest BCUT2D eigenvalue weighted by Crippen LogP contribution is 2.22. The molecule has 0 radical (unpaired) electrons. The van der Waals surface area contributed by atoms with E-state index < -0.39 is 15.0 Å². The predicted octanol–water partition coefficient (Wildman–Crippen LogP) is 2.59. The molecule has 21 heavy (non-hydrogen) atoms. The van der Waals surface area contributed by atoms with E-state index in [-0.39, 0.29) is 22.3 Å². The van der Waals surface area contributed by atoms with Crippen molar-refractivity contribution in [3.8, 4) is 0 Å². The molecule has 1 aromatic heterocycles. The quantitative estimate of drug-likeness (QED) is 0.749. The van der Waals surface area contributed by atoms with E-state index in [4.69, 9.17) is 10.7 Å². The number of aryl methyl sites for hydroxylation is 1. The summed E-state index contributed by atoms with van der Waals surface area (Å²) in [5, 5.41) is 8.98. The molecule has 6 nitrogen and oxygen atoms in total. The van der Waals surface area contributed by atoms with Crippen LogP contribution in [0.4, 0.5) is 0 Å². The topological polar surface area (TPSA) is 91.9 Å². The third-order valence-corrected chi connectivity index (χ3v) is 4.60. The van der Waals surface area contributed by atoms with Crippen molar-refractivity contribution in [2.24, 2.45) is 5.92 Å². The lowest BCUT2D eigenvalue weighted by molar-refractivity contribution is 0.0929. The molecule has 0 saturated heterocycles. The van der Waals surface area contributed by atoms with E-state index in [0.29, 0.717) is 5.92 Å². The van der Waals surface area contributed by atoms with E-state index in [1.807, 2.05) is 6.92 Å². The van der Waals surface area contributed by atoms with E-state index in [1.165, 1.54) is 6.92 Å². The minimum Gasteiger partial charge on any atom is -0.348 e. The van der Waals surface area contributed by atoms with Gasteiger partial charge in [-0.15, -0.1) is 0 Å². The van der Waals surface area contributed by atoms with Gasteiger partial charge in [-0.05, 0) is 26.2 Å². The average molecular weight is 336 g/mol. The second kappa shape index (κ2) is 7.26. The Labute approximate surface area is 130 Å². The Balaban J connectivity index is 2.73. The summed E-state index contributed by atoms with van der Waals surface area (Å²) in [6, 6.07) is -0.0564. The molecule has 1 unspecified atom stereocenters. The minimum absolute atomic E-state index is 0.0564. The maximum Gasteiger partial charge on any atom is 0.273 e. The highest BCUT2D eigenvalue weighted by atomic mass is 35.7. The van der Waals surface area contributed by atoms with Crippen molar-refractivity contribution >= 4 is 25.6 Å². The van der Waals surface area contributed by atoms with E-state index in [2.05, 4.69) is 29.4 Å². The molecule has 0 aliphatic rings. The molecule has 120 valence electrons. The molecule has 1 heterocycles. The number of aromatic amines is 1. The smallest absolute Gasteiger partial charge is 0.273 e. The number of carbonyl (C=O) groups is 1. The summed E-state index contributed by atoms with van der Waals surface area (Å²) < 4.78 is 23.0. The number of H-pyrrole nitrogens is 1. The van der Waals surface area contributed by atoms with Crippen molar-refractivity contribution in [1.82, 2.24) is 15.5 Å². The van der Waals surface area contributed by atoms with Gasteiger partial charge in [0.2, 0.25) is 0 Å². The Bertz CT molecular complexity index is 596. The van der Waals surface area contributed by atoms with Crippen molar-refractivity contribution < 1.29 is 13.2 Å². The molecule has 1 atom stereocenters. The van der Waals surface area contributed by atoms with Gasteiger partial charge in [-0.1, -0.05) is 26.7 Å². The summed E-state index contributed by atoms with van der Waals surface area (Å²) >= 11 is 0. The summed E-state index contributed by atoms with van der Waals surface area (Å²) in [4.78, 5) is 11.9. The van der Waals surface area contributed by atoms with Crippen LogP contribution in [-0.4, -0.2) is 30.6 Å². The van der Waals surface area contributed by atoms with Gasteiger partial charge in [0, 0.05) is 16.7 Å². The van der Waals surface area contributed by atoms with E-state index in [1.54, 1.807) is 0 Å². The molecular formula is C13H22ClN3O3S. The third-order valence-electron chi connectivity index (χ3n) is 3.15. The average Bonchev–Trinajstić information content (AvgIpc) is 2.70. The second-order valence-corrected chi connectivity index (χ2v) is 8.17. The Morgan fingerprint density at radius 1 is 1.33 bits per heavy atom. The summed E-state index contributed by atoms with van der Waals surface area (Å²) in [6.45, 7) is 7.68. The van der Waals surface area contributed by atoms with Gasteiger partial charge in [0.15, 0.2) is 5.69 Å². The number of nitrogens with zero attached hydrogens (tertiary/aromatic N) is 1. The number of aromatic nitrogens is 2. The number of nitrogens with one attached hydrogen (secondary N) is 2. The van der Waals surface area contributed by atoms with Gasteiger partial charge in [-0.25, -0.2) is 8.42 Å². The van der Waals surface area contributed by atoms with Crippen LogP contribution in [0.3, 0.4) is 0 Å². The summed E-state index contributed by atoms with van der Waals surface area (Å²) in [6.07, 6.45) is 2.92. The highest BCUT2D eigenvalue weighted by Gasteiger charge is 2.27. The molecule has 1 aromatic rings. The van der Waals surface area contributed by atoms with Crippen LogP contribution < -0.4 is 5.32 Å². The van der Waals surface area contributed by atoms with Crippen LogP contribution in [-0.2, 0) is 9.05 Å². The molecule has 0 aliphatic heterocycles. The molecule has 0 aliphatic carbocycles. The Morgan fingerprint density at radius 3 is 2.48 bits per heavy atom. The van der Waals surface area contributed by atoms with Gasteiger partial charge in [0.1, 0.15) is 4.90 Å². The molecule has 1 rings (SSSR count). The van der Waals surface area contributed by atoms with Crippen molar-refractivity contribution in [2.45, 2.75) is 57.9 Å². The van der Waals surface area contributed by atoms with Gasteiger partial charge in [0.25, 0.3) is 15.0 Å². The van der Waals surface area contributed by atoms with Crippen LogP contribution in [0, 0.1) is 12.8 Å². The first kappa shape index (κ1) is 18.0. The maximum atomic E-state index is 12.1. The lowest BCUT2D eigenvalue weighted by atomic mass is 10.0. The summed E-state index contributed by atoms with van der Waals surface area (Å²) in [7, 11) is 1.33. The van der Waals surface area contributed by atoms with E-state index >= 15 is 0 Å². The van der Waals surface area contributed by atoms with Crippen molar-refractivity contribution in [2.75, 3.05) is 0 Å². The first-order valence-corrected chi connectivity index (χ1v) is 9.24. The van der Waals surface area contributed by atoms with Crippen LogP contribution in [0.5, 0.6) is 0 Å². The fraction of sp³-hybridized carbons (Fsp3) is 0.692. The van der Waals surface area contributed by atoms with Crippen molar-refractivity contribution in [1.29, 1.82) is 0 Å². The van der Waals surface area contributed by atoms with Gasteiger partial charge < -0.3 is 5.32 Å². The largest absolute Gasteiger partial charge is 0.348 e. The van der Waals surface area contributed by atoms with Gasteiger partial charge in [-0.2, -0.15) is 5.10 Å². The lowest BCUT2D eigenvalue weighted by Crippen LogP contribution is -2.33. The second-order valence-electron chi connectivity index (χ2n) is 5.66.